The highest BCUT2D eigenvalue weighted by Gasteiger charge is 2.27. The number of nitrogens with two attached hydrogens (primary N) is 1. The van der Waals surface area contributed by atoms with Crippen LogP contribution in [0.1, 0.15) is 19.3 Å². The van der Waals surface area contributed by atoms with Crippen molar-refractivity contribution in [1.29, 1.82) is 0 Å². The number of hydrogen-bond acceptors (Lipinski definition) is 4. The number of halogens is 1. The van der Waals surface area contributed by atoms with Crippen LogP contribution in [0.25, 0.3) is 10.9 Å². The van der Waals surface area contributed by atoms with Crippen LogP contribution in [0.4, 0.5) is 11.4 Å². The third-order valence-electron chi connectivity index (χ3n) is 4.08. The fourth-order valence-electron chi connectivity index (χ4n) is 2.97. The molecule has 1 heterocycles. The first-order valence-corrected chi connectivity index (χ1v) is 7.69. The molecule has 2 atom stereocenters. The summed E-state index contributed by atoms with van der Waals surface area (Å²) in [7, 11) is 0. The van der Waals surface area contributed by atoms with Crippen molar-refractivity contribution in [2.45, 2.75) is 25.3 Å². The lowest BCUT2D eigenvalue weighted by molar-refractivity contribution is 0.222. The molecule has 0 saturated heterocycles. The first-order chi connectivity index (χ1) is 9.69. The lowest BCUT2D eigenvalue weighted by Gasteiger charge is -2.22. The summed E-state index contributed by atoms with van der Waals surface area (Å²) in [6.07, 6.45) is 4.99. The van der Waals surface area contributed by atoms with E-state index in [1.54, 1.807) is 6.20 Å². The van der Waals surface area contributed by atoms with E-state index in [-0.39, 0.29) is 12.6 Å². The maximum Gasteiger partial charge on any atom is 0.0743 e. The van der Waals surface area contributed by atoms with Crippen molar-refractivity contribution in [2.24, 2.45) is 5.92 Å². The van der Waals surface area contributed by atoms with Crippen LogP contribution in [0.15, 0.2) is 28.9 Å². The van der Waals surface area contributed by atoms with Crippen LogP contribution in [0, 0.1) is 5.92 Å². The van der Waals surface area contributed by atoms with Crippen LogP contribution in [-0.4, -0.2) is 22.7 Å². The fraction of sp³-hybridized carbons (Fsp3) is 0.400. The van der Waals surface area contributed by atoms with Gasteiger partial charge in [-0.15, -0.1) is 0 Å². The Morgan fingerprint density at radius 1 is 1.40 bits per heavy atom. The number of anilines is 2. The molecule has 2 unspecified atom stereocenters. The molecule has 1 aliphatic rings. The van der Waals surface area contributed by atoms with E-state index >= 15 is 0 Å². The number of aromatic nitrogens is 1. The van der Waals surface area contributed by atoms with Crippen LogP contribution in [-0.2, 0) is 0 Å². The Bertz CT molecular complexity index is 627. The topological polar surface area (TPSA) is 71.2 Å². The van der Waals surface area contributed by atoms with E-state index in [0.717, 1.165) is 40.3 Å². The van der Waals surface area contributed by atoms with Crippen LogP contribution in [0.2, 0.25) is 0 Å². The molecule has 4 N–H and O–H groups in total. The molecule has 106 valence electrons. The van der Waals surface area contributed by atoms with Gasteiger partial charge in [0, 0.05) is 28.4 Å². The van der Waals surface area contributed by atoms with Gasteiger partial charge in [-0.05, 0) is 31.0 Å². The lowest BCUT2D eigenvalue weighted by Crippen LogP contribution is -2.26. The molecule has 20 heavy (non-hydrogen) atoms. The molecule has 0 aliphatic heterocycles. The Balaban J connectivity index is 2.01. The zero-order valence-electron chi connectivity index (χ0n) is 11.1. The smallest absolute Gasteiger partial charge is 0.0743 e. The Morgan fingerprint density at radius 3 is 3.05 bits per heavy atom. The summed E-state index contributed by atoms with van der Waals surface area (Å²) >= 11 is 3.49. The van der Waals surface area contributed by atoms with Crippen molar-refractivity contribution in [3.63, 3.8) is 0 Å². The number of aliphatic hydroxyl groups is 1. The van der Waals surface area contributed by atoms with E-state index in [0.29, 0.717) is 11.6 Å². The molecule has 4 nitrogen and oxygen atoms in total. The number of aliphatic hydroxyl groups excluding tert-OH is 1. The largest absolute Gasteiger partial charge is 0.396 e. The minimum absolute atomic E-state index is 0.226. The Kier molecular flexibility index (Phi) is 3.81. The van der Waals surface area contributed by atoms with E-state index in [9.17, 15) is 5.11 Å². The number of hydrogen-bond donors (Lipinski definition) is 3. The maximum absolute atomic E-state index is 9.45. The molecule has 0 bridgehead atoms. The van der Waals surface area contributed by atoms with Crippen molar-refractivity contribution in [1.82, 2.24) is 4.98 Å². The standard InChI is InChI=1S/C15H18BrN3O/c16-10-4-5-14-11(6-10)15(12(17)7-18-14)19-13-3-1-2-9(13)8-20/h4-7,9,13,20H,1-3,8,17H2,(H,18,19). The second kappa shape index (κ2) is 5.58. The van der Waals surface area contributed by atoms with E-state index in [1.807, 2.05) is 18.2 Å². The Labute approximate surface area is 126 Å². The number of nitrogens with one attached hydrogen (secondary N) is 1. The molecule has 1 aromatic heterocycles. The SMILES string of the molecule is Nc1cnc2ccc(Br)cc2c1NC1CCCC1CO. The van der Waals surface area contributed by atoms with Gasteiger partial charge in [-0.3, -0.25) is 4.98 Å². The molecular weight excluding hydrogens is 318 g/mol. The monoisotopic (exact) mass is 335 g/mol. The van der Waals surface area contributed by atoms with Gasteiger partial charge in [0.15, 0.2) is 0 Å². The van der Waals surface area contributed by atoms with E-state index in [2.05, 4.69) is 26.2 Å². The summed E-state index contributed by atoms with van der Waals surface area (Å²) in [6, 6.07) is 6.26. The minimum Gasteiger partial charge on any atom is -0.396 e. The molecule has 1 aliphatic carbocycles. The molecule has 1 saturated carbocycles. The predicted octanol–water partition coefficient (Wildman–Crippen LogP) is 3.15. The van der Waals surface area contributed by atoms with Crippen LogP contribution in [0.5, 0.6) is 0 Å². The number of nitrogens with zero attached hydrogens (tertiary/aromatic N) is 1. The van der Waals surface area contributed by atoms with Crippen LogP contribution in [0.3, 0.4) is 0 Å². The Hall–Kier alpha value is -1.33. The summed E-state index contributed by atoms with van der Waals surface area (Å²) in [4.78, 5) is 4.36. The molecule has 1 fully saturated rings. The van der Waals surface area contributed by atoms with Crippen molar-refractivity contribution in [3.05, 3.63) is 28.9 Å². The zero-order chi connectivity index (χ0) is 14.1. The third-order valence-corrected chi connectivity index (χ3v) is 4.58. The number of benzene rings is 1. The second-order valence-electron chi connectivity index (χ2n) is 5.37. The highest BCUT2D eigenvalue weighted by molar-refractivity contribution is 9.10. The first-order valence-electron chi connectivity index (χ1n) is 6.90. The van der Waals surface area contributed by atoms with Gasteiger partial charge in [0.1, 0.15) is 0 Å². The summed E-state index contributed by atoms with van der Waals surface area (Å²) in [5.41, 5.74) is 8.60. The quantitative estimate of drug-likeness (QED) is 0.805. The Morgan fingerprint density at radius 2 is 2.25 bits per heavy atom. The maximum atomic E-state index is 9.45. The van der Waals surface area contributed by atoms with Gasteiger partial charge in [0.25, 0.3) is 0 Å². The molecule has 3 rings (SSSR count). The van der Waals surface area contributed by atoms with Gasteiger partial charge >= 0.3 is 0 Å². The van der Waals surface area contributed by atoms with Crippen molar-refractivity contribution >= 4 is 38.2 Å². The van der Waals surface area contributed by atoms with Gasteiger partial charge in [-0.2, -0.15) is 0 Å². The number of rotatable bonds is 3. The summed E-state index contributed by atoms with van der Waals surface area (Å²) in [5.74, 6) is 0.310. The van der Waals surface area contributed by atoms with Crippen molar-refractivity contribution in [3.8, 4) is 0 Å². The summed E-state index contributed by atoms with van der Waals surface area (Å²) in [6.45, 7) is 0.226. The summed E-state index contributed by atoms with van der Waals surface area (Å²) in [5, 5.41) is 14.0. The molecule has 1 aromatic carbocycles. The summed E-state index contributed by atoms with van der Waals surface area (Å²) < 4.78 is 1.01. The first kappa shape index (κ1) is 13.6. The lowest BCUT2D eigenvalue weighted by atomic mass is 10.0. The predicted molar refractivity (Wildman–Crippen MR) is 85.7 cm³/mol. The van der Waals surface area contributed by atoms with Gasteiger partial charge < -0.3 is 16.2 Å². The van der Waals surface area contributed by atoms with Crippen molar-refractivity contribution in [2.75, 3.05) is 17.7 Å². The number of pyridine rings is 1. The normalized spacial score (nSPS) is 22.3. The minimum atomic E-state index is 0.226. The average molecular weight is 336 g/mol. The number of nitrogen functional groups attached to an aromatic ring is 1. The number of fused-ring (bicyclic) bond motifs is 1. The van der Waals surface area contributed by atoms with Gasteiger partial charge in [-0.25, -0.2) is 0 Å². The zero-order valence-corrected chi connectivity index (χ0v) is 12.7. The molecular formula is C15H18BrN3O. The molecule has 0 spiro atoms. The van der Waals surface area contributed by atoms with E-state index in [4.69, 9.17) is 5.73 Å². The highest BCUT2D eigenvalue weighted by atomic mass is 79.9. The molecule has 0 radical (unpaired) electrons. The molecule has 2 aromatic rings. The molecule has 0 amide bonds. The van der Waals surface area contributed by atoms with Gasteiger partial charge in [0.05, 0.1) is 23.1 Å². The third kappa shape index (κ3) is 2.47. The van der Waals surface area contributed by atoms with Gasteiger partial charge in [0.2, 0.25) is 0 Å². The average Bonchev–Trinajstić information content (AvgIpc) is 2.89. The second-order valence-corrected chi connectivity index (χ2v) is 6.29. The van der Waals surface area contributed by atoms with E-state index in [1.165, 1.54) is 0 Å². The van der Waals surface area contributed by atoms with Crippen LogP contribution >= 0.6 is 15.9 Å². The fourth-order valence-corrected chi connectivity index (χ4v) is 3.33. The van der Waals surface area contributed by atoms with Crippen molar-refractivity contribution < 1.29 is 5.11 Å². The van der Waals surface area contributed by atoms with Crippen LogP contribution < -0.4 is 11.1 Å². The van der Waals surface area contributed by atoms with E-state index < -0.39 is 0 Å². The molecule has 5 heteroatoms. The van der Waals surface area contributed by atoms with Gasteiger partial charge in [-0.1, -0.05) is 22.4 Å². The highest BCUT2D eigenvalue weighted by Crippen LogP contribution is 2.34.